The predicted octanol–water partition coefficient (Wildman–Crippen LogP) is 2.16. The van der Waals surface area contributed by atoms with Crippen molar-refractivity contribution in [1.82, 2.24) is 4.98 Å². The molecule has 1 fully saturated rings. The lowest BCUT2D eigenvalue weighted by molar-refractivity contribution is -0.117. The molecule has 6 heteroatoms. The number of pyridine rings is 1. The average Bonchev–Trinajstić information content (AvgIpc) is 3.00. The Morgan fingerprint density at radius 3 is 2.83 bits per heavy atom. The summed E-state index contributed by atoms with van der Waals surface area (Å²) in [5.41, 5.74) is 1.39. The molecule has 1 amide bonds. The minimum Gasteiger partial charge on any atom is -0.496 e. The third kappa shape index (κ3) is 3.19. The van der Waals surface area contributed by atoms with Gasteiger partial charge in [0.1, 0.15) is 18.1 Å². The molecule has 1 aromatic carbocycles. The van der Waals surface area contributed by atoms with Crippen LogP contribution in [0.4, 0.5) is 5.69 Å². The monoisotopic (exact) mass is 328 g/mol. The quantitative estimate of drug-likeness (QED) is 0.880. The summed E-state index contributed by atoms with van der Waals surface area (Å²) in [6.07, 6.45) is 4.58. The van der Waals surface area contributed by atoms with Crippen molar-refractivity contribution in [2.24, 2.45) is 0 Å². The molecule has 2 aromatic rings. The molecule has 24 heavy (non-hydrogen) atoms. The van der Waals surface area contributed by atoms with Gasteiger partial charge in [0, 0.05) is 12.6 Å². The number of amides is 1. The zero-order chi connectivity index (χ0) is 16.9. The molecule has 1 aliphatic heterocycles. The number of nitrogens with zero attached hydrogens (tertiary/aromatic N) is 2. The second-order valence-corrected chi connectivity index (χ2v) is 5.57. The molecule has 0 spiro atoms. The molecule has 1 atom stereocenters. The number of methoxy groups -OCH3 is 1. The van der Waals surface area contributed by atoms with E-state index in [4.69, 9.17) is 9.47 Å². The molecule has 1 saturated heterocycles. The van der Waals surface area contributed by atoms with Crippen molar-refractivity contribution in [2.75, 3.05) is 18.6 Å². The molecule has 126 valence electrons. The molecule has 0 radical (unpaired) electrons. The minimum atomic E-state index is -0.171. The van der Waals surface area contributed by atoms with Gasteiger partial charge in [0.15, 0.2) is 0 Å². The van der Waals surface area contributed by atoms with E-state index in [0.29, 0.717) is 30.1 Å². The maximum Gasteiger partial charge on any atom is 0.227 e. The standard InChI is InChI=1S/C18H20N2O4/c1-23-16-5-2-6-17(15(16)11-21)24-12-14-7-8-18(22)20(14)13-4-3-9-19-10-13/h2-6,9-10,14,21H,7-8,11-12H2,1H3/t14-/m0/s1. The van der Waals surface area contributed by atoms with Crippen LogP contribution in [0.25, 0.3) is 0 Å². The first-order chi connectivity index (χ1) is 11.7. The zero-order valence-corrected chi connectivity index (χ0v) is 13.5. The summed E-state index contributed by atoms with van der Waals surface area (Å²) >= 11 is 0. The molecule has 0 saturated carbocycles. The molecule has 0 unspecified atom stereocenters. The third-order valence-corrected chi connectivity index (χ3v) is 4.15. The Kier molecular flexibility index (Phi) is 4.96. The van der Waals surface area contributed by atoms with Gasteiger partial charge in [-0.2, -0.15) is 0 Å². The van der Waals surface area contributed by atoms with Gasteiger partial charge >= 0.3 is 0 Å². The van der Waals surface area contributed by atoms with Gasteiger partial charge in [-0.3, -0.25) is 9.78 Å². The van der Waals surface area contributed by atoms with Crippen LogP contribution in [-0.4, -0.2) is 35.8 Å². The van der Waals surface area contributed by atoms with E-state index in [2.05, 4.69) is 4.98 Å². The summed E-state index contributed by atoms with van der Waals surface area (Å²) in [5, 5.41) is 9.56. The number of carbonyl (C=O) groups excluding carboxylic acids is 1. The summed E-state index contributed by atoms with van der Waals surface area (Å²) in [4.78, 5) is 18.0. The lowest BCUT2D eigenvalue weighted by Crippen LogP contribution is -2.37. The van der Waals surface area contributed by atoms with Crippen LogP contribution in [0.15, 0.2) is 42.7 Å². The van der Waals surface area contributed by atoms with Crippen LogP contribution in [0.1, 0.15) is 18.4 Å². The normalized spacial score (nSPS) is 17.2. The van der Waals surface area contributed by atoms with Gasteiger partial charge in [-0.15, -0.1) is 0 Å². The van der Waals surface area contributed by atoms with Gasteiger partial charge in [-0.25, -0.2) is 0 Å². The van der Waals surface area contributed by atoms with Crippen LogP contribution in [0.5, 0.6) is 11.5 Å². The largest absolute Gasteiger partial charge is 0.496 e. The van der Waals surface area contributed by atoms with Crippen molar-refractivity contribution in [3.63, 3.8) is 0 Å². The zero-order valence-electron chi connectivity index (χ0n) is 13.5. The van der Waals surface area contributed by atoms with Crippen molar-refractivity contribution in [3.8, 4) is 11.5 Å². The Hall–Kier alpha value is -2.60. The fourth-order valence-corrected chi connectivity index (χ4v) is 2.97. The summed E-state index contributed by atoms with van der Waals surface area (Å²) in [5.74, 6) is 1.23. The molecule has 3 rings (SSSR count). The van der Waals surface area contributed by atoms with E-state index in [1.165, 1.54) is 0 Å². The van der Waals surface area contributed by atoms with E-state index in [1.807, 2.05) is 18.2 Å². The maximum atomic E-state index is 12.2. The number of hydrogen-bond donors (Lipinski definition) is 1. The summed E-state index contributed by atoms with van der Waals surface area (Å²) in [6, 6.07) is 9.00. The Bertz CT molecular complexity index is 705. The number of anilines is 1. The second kappa shape index (κ2) is 7.31. The highest BCUT2D eigenvalue weighted by molar-refractivity contribution is 5.96. The molecule has 0 aliphatic carbocycles. The van der Waals surface area contributed by atoms with Crippen molar-refractivity contribution in [2.45, 2.75) is 25.5 Å². The SMILES string of the molecule is COc1cccc(OC[C@@H]2CCC(=O)N2c2cccnc2)c1CO. The van der Waals surface area contributed by atoms with Crippen LogP contribution < -0.4 is 14.4 Å². The number of carbonyl (C=O) groups is 1. The smallest absolute Gasteiger partial charge is 0.227 e. The average molecular weight is 328 g/mol. The molecule has 0 bridgehead atoms. The second-order valence-electron chi connectivity index (χ2n) is 5.57. The van der Waals surface area contributed by atoms with Crippen LogP contribution >= 0.6 is 0 Å². The first-order valence-electron chi connectivity index (χ1n) is 7.86. The molecule has 1 aromatic heterocycles. The molecular weight excluding hydrogens is 308 g/mol. The highest BCUT2D eigenvalue weighted by Gasteiger charge is 2.33. The molecule has 2 heterocycles. The van der Waals surface area contributed by atoms with Gasteiger partial charge in [-0.05, 0) is 30.7 Å². The lowest BCUT2D eigenvalue weighted by atomic mass is 10.2. The van der Waals surface area contributed by atoms with Gasteiger partial charge in [0.2, 0.25) is 5.91 Å². The number of aromatic nitrogens is 1. The number of rotatable bonds is 6. The number of aliphatic hydroxyl groups excluding tert-OH is 1. The van der Waals surface area contributed by atoms with Crippen molar-refractivity contribution in [1.29, 1.82) is 0 Å². The van der Waals surface area contributed by atoms with Crippen molar-refractivity contribution in [3.05, 3.63) is 48.3 Å². The predicted molar refractivity (Wildman–Crippen MR) is 89.2 cm³/mol. The lowest BCUT2D eigenvalue weighted by Gasteiger charge is -2.25. The van der Waals surface area contributed by atoms with Crippen LogP contribution in [-0.2, 0) is 11.4 Å². The Balaban J connectivity index is 1.76. The molecule has 1 aliphatic rings. The third-order valence-electron chi connectivity index (χ3n) is 4.15. The van der Waals surface area contributed by atoms with Gasteiger partial charge in [0.05, 0.1) is 37.2 Å². The van der Waals surface area contributed by atoms with Gasteiger partial charge in [0.25, 0.3) is 0 Å². The summed E-state index contributed by atoms with van der Waals surface area (Å²) < 4.78 is 11.1. The highest BCUT2D eigenvalue weighted by atomic mass is 16.5. The fourth-order valence-electron chi connectivity index (χ4n) is 2.97. The van der Waals surface area contributed by atoms with Crippen LogP contribution in [0.2, 0.25) is 0 Å². The summed E-state index contributed by atoms with van der Waals surface area (Å²) in [6.45, 7) is 0.177. The van der Waals surface area contributed by atoms with Crippen LogP contribution in [0, 0.1) is 0 Å². The Labute approximate surface area is 140 Å². The highest BCUT2D eigenvalue weighted by Crippen LogP contribution is 2.30. The van der Waals surface area contributed by atoms with E-state index >= 15 is 0 Å². The van der Waals surface area contributed by atoms with E-state index in [-0.39, 0.29) is 18.6 Å². The first-order valence-corrected chi connectivity index (χ1v) is 7.86. The number of aliphatic hydroxyl groups is 1. The fraction of sp³-hybridized carbons (Fsp3) is 0.333. The van der Waals surface area contributed by atoms with E-state index in [9.17, 15) is 9.90 Å². The Morgan fingerprint density at radius 1 is 1.29 bits per heavy atom. The summed E-state index contributed by atoms with van der Waals surface area (Å²) in [7, 11) is 1.55. The van der Waals surface area contributed by atoms with Crippen molar-refractivity contribution >= 4 is 11.6 Å². The van der Waals surface area contributed by atoms with E-state index < -0.39 is 0 Å². The number of hydrogen-bond acceptors (Lipinski definition) is 5. The molecule has 6 nitrogen and oxygen atoms in total. The van der Waals surface area contributed by atoms with Gasteiger partial charge in [-0.1, -0.05) is 6.07 Å². The topological polar surface area (TPSA) is 71.9 Å². The van der Waals surface area contributed by atoms with Gasteiger partial charge < -0.3 is 19.5 Å². The maximum absolute atomic E-state index is 12.2. The first kappa shape index (κ1) is 16.3. The molecule has 1 N–H and O–H groups in total. The van der Waals surface area contributed by atoms with E-state index in [1.54, 1.807) is 36.5 Å². The number of benzene rings is 1. The van der Waals surface area contributed by atoms with Crippen molar-refractivity contribution < 1.29 is 19.4 Å². The minimum absolute atomic E-state index is 0.0561. The number of ether oxygens (including phenoxy) is 2. The van der Waals surface area contributed by atoms with E-state index in [0.717, 1.165) is 12.1 Å². The van der Waals surface area contributed by atoms with Crippen LogP contribution in [0.3, 0.4) is 0 Å². The Morgan fingerprint density at radius 2 is 2.12 bits per heavy atom. The molecular formula is C18H20N2O4.